The molecule has 2 aromatic carbocycles. The van der Waals surface area contributed by atoms with Crippen LogP contribution in [0.15, 0.2) is 71.7 Å². The summed E-state index contributed by atoms with van der Waals surface area (Å²) in [5.41, 5.74) is 7.03. The molecule has 0 aliphatic carbocycles. The lowest BCUT2D eigenvalue weighted by Crippen LogP contribution is -2.53. The quantitative estimate of drug-likeness (QED) is 0.492. The number of nitrogens with two attached hydrogens (primary N) is 1. The minimum Gasteiger partial charge on any atom is -0.445 e. The fourth-order valence-electron chi connectivity index (χ4n) is 2.68. The Balaban J connectivity index is 2.06. The number of rotatable bonds is 10. The zero-order valence-electron chi connectivity index (χ0n) is 16.3. The molecule has 7 nitrogen and oxygen atoms in total. The summed E-state index contributed by atoms with van der Waals surface area (Å²) in [5.74, 6) is -1.25. The van der Waals surface area contributed by atoms with Gasteiger partial charge in [-0.3, -0.25) is 9.59 Å². The standard InChI is InChI=1S/C22H24BrN3O4/c1-15(23)12-18(20(24)27)25-21(28)19(13-16-8-4-2-5-9-16)26-22(29)30-14-17-10-6-3-7-11-17/h2-11,18-19H,1,12-14H2,(H2,24,27)(H,25,28)(H,26,29)/t18-,19+/m0/s1. The van der Waals surface area contributed by atoms with Crippen molar-refractivity contribution in [3.63, 3.8) is 0 Å². The highest BCUT2D eigenvalue weighted by atomic mass is 79.9. The van der Waals surface area contributed by atoms with Crippen LogP contribution in [-0.4, -0.2) is 30.0 Å². The maximum absolute atomic E-state index is 12.8. The topological polar surface area (TPSA) is 111 Å². The summed E-state index contributed by atoms with van der Waals surface area (Å²) in [7, 11) is 0. The van der Waals surface area contributed by atoms with Gasteiger partial charge in [0.05, 0.1) is 0 Å². The van der Waals surface area contributed by atoms with Gasteiger partial charge in [-0.2, -0.15) is 0 Å². The minimum absolute atomic E-state index is 0.0691. The van der Waals surface area contributed by atoms with Crippen LogP contribution in [0.5, 0.6) is 0 Å². The zero-order valence-corrected chi connectivity index (χ0v) is 17.9. The molecule has 0 saturated carbocycles. The molecule has 0 aliphatic heterocycles. The largest absolute Gasteiger partial charge is 0.445 e. The van der Waals surface area contributed by atoms with Crippen molar-refractivity contribution in [1.29, 1.82) is 0 Å². The lowest BCUT2D eigenvalue weighted by Gasteiger charge is -2.22. The second-order valence-electron chi connectivity index (χ2n) is 6.63. The maximum Gasteiger partial charge on any atom is 0.408 e. The van der Waals surface area contributed by atoms with E-state index in [0.717, 1.165) is 11.1 Å². The third-order valence-electron chi connectivity index (χ3n) is 4.19. The Morgan fingerprint density at radius 2 is 1.50 bits per heavy atom. The predicted molar refractivity (Wildman–Crippen MR) is 118 cm³/mol. The Kier molecular flexibility index (Phi) is 9.08. The van der Waals surface area contributed by atoms with E-state index in [1.807, 2.05) is 60.7 Å². The number of hydrogen-bond acceptors (Lipinski definition) is 4. The molecular formula is C22H24BrN3O4. The molecule has 2 rings (SSSR count). The van der Waals surface area contributed by atoms with Gasteiger partial charge >= 0.3 is 6.09 Å². The molecule has 0 aliphatic rings. The van der Waals surface area contributed by atoms with Crippen LogP contribution in [0.25, 0.3) is 0 Å². The Bertz CT molecular complexity index is 874. The summed E-state index contributed by atoms with van der Waals surface area (Å²) in [4.78, 5) is 36.8. The first-order chi connectivity index (χ1) is 14.3. The second kappa shape index (κ2) is 11.8. The first-order valence-corrected chi connectivity index (χ1v) is 10.1. The molecule has 0 fully saturated rings. The van der Waals surface area contributed by atoms with E-state index >= 15 is 0 Å². The van der Waals surface area contributed by atoms with Crippen molar-refractivity contribution in [1.82, 2.24) is 10.6 Å². The normalized spacial score (nSPS) is 12.3. The van der Waals surface area contributed by atoms with Crippen molar-refractivity contribution in [2.75, 3.05) is 0 Å². The molecule has 0 unspecified atom stereocenters. The van der Waals surface area contributed by atoms with Gasteiger partial charge in [0.25, 0.3) is 0 Å². The highest BCUT2D eigenvalue weighted by Gasteiger charge is 2.26. The number of carbonyl (C=O) groups is 3. The van der Waals surface area contributed by atoms with Crippen LogP contribution in [0, 0.1) is 0 Å². The van der Waals surface area contributed by atoms with Crippen LogP contribution >= 0.6 is 15.9 Å². The Morgan fingerprint density at radius 1 is 0.933 bits per heavy atom. The number of ether oxygens (including phenoxy) is 1. The van der Waals surface area contributed by atoms with E-state index in [-0.39, 0.29) is 19.4 Å². The molecule has 2 atom stereocenters. The first kappa shape index (κ1) is 23.2. The van der Waals surface area contributed by atoms with E-state index < -0.39 is 30.0 Å². The third-order valence-corrected chi connectivity index (χ3v) is 4.51. The smallest absolute Gasteiger partial charge is 0.408 e. The van der Waals surface area contributed by atoms with Crippen molar-refractivity contribution in [2.45, 2.75) is 31.5 Å². The second-order valence-corrected chi connectivity index (χ2v) is 7.75. The average molecular weight is 474 g/mol. The first-order valence-electron chi connectivity index (χ1n) is 9.29. The SMILES string of the molecule is C=C(Br)C[C@H](NC(=O)[C@@H](Cc1ccccc1)NC(=O)OCc1ccccc1)C(N)=O. The molecule has 3 amide bonds. The number of carbonyl (C=O) groups excluding carboxylic acids is 3. The van der Waals surface area contributed by atoms with Gasteiger partial charge in [-0.25, -0.2) is 4.79 Å². The maximum atomic E-state index is 12.8. The summed E-state index contributed by atoms with van der Waals surface area (Å²) >= 11 is 3.16. The van der Waals surface area contributed by atoms with Crippen LogP contribution in [0.4, 0.5) is 4.79 Å². The number of amides is 3. The van der Waals surface area contributed by atoms with Crippen molar-refractivity contribution in [3.05, 3.63) is 82.9 Å². The van der Waals surface area contributed by atoms with Crippen molar-refractivity contribution in [2.24, 2.45) is 5.73 Å². The Labute approximate surface area is 183 Å². The van der Waals surface area contributed by atoms with Crippen molar-refractivity contribution < 1.29 is 19.1 Å². The van der Waals surface area contributed by atoms with Crippen LogP contribution in [0.3, 0.4) is 0 Å². The monoisotopic (exact) mass is 473 g/mol. The Hall–Kier alpha value is -3.13. The summed E-state index contributed by atoms with van der Waals surface area (Å²) in [6.45, 7) is 3.74. The van der Waals surface area contributed by atoms with Crippen LogP contribution < -0.4 is 16.4 Å². The van der Waals surface area contributed by atoms with E-state index in [9.17, 15) is 14.4 Å². The van der Waals surface area contributed by atoms with E-state index in [1.165, 1.54) is 0 Å². The minimum atomic E-state index is -0.957. The highest BCUT2D eigenvalue weighted by molar-refractivity contribution is 9.11. The third kappa shape index (κ3) is 8.08. The molecule has 0 radical (unpaired) electrons. The molecule has 158 valence electrons. The van der Waals surface area contributed by atoms with E-state index in [1.54, 1.807) is 0 Å². The predicted octanol–water partition coefficient (Wildman–Crippen LogP) is 2.79. The molecule has 0 spiro atoms. The van der Waals surface area contributed by atoms with Crippen LogP contribution in [0.2, 0.25) is 0 Å². The summed E-state index contributed by atoms with van der Waals surface area (Å²) in [5, 5.41) is 5.15. The number of halogens is 1. The highest BCUT2D eigenvalue weighted by Crippen LogP contribution is 2.11. The molecule has 8 heteroatoms. The average Bonchev–Trinajstić information content (AvgIpc) is 2.72. The van der Waals surface area contributed by atoms with Crippen LogP contribution in [0.1, 0.15) is 17.5 Å². The molecule has 0 bridgehead atoms. The molecule has 30 heavy (non-hydrogen) atoms. The molecule has 0 aromatic heterocycles. The Morgan fingerprint density at radius 3 is 2.03 bits per heavy atom. The lowest BCUT2D eigenvalue weighted by atomic mass is 10.0. The molecule has 4 N–H and O–H groups in total. The van der Waals surface area contributed by atoms with Gasteiger partial charge in [-0.05, 0) is 15.6 Å². The van der Waals surface area contributed by atoms with Gasteiger partial charge < -0.3 is 21.1 Å². The molecule has 0 heterocycles. The van der Waals surface area contributed by atoms with Crippen molar-refractivity contribution >= 4 is 33.8 Å². The van der Waals surface area contributed by atoms with E-state index in [0.29, 0.717) is 4.48 Å². The number of alkyl carbamates (subject to hydrolysis) is 1. The summed E-state index contributed by atoms with van der Waals surface area (Å²) < 4.78 is 5.74. The number of hydrogen-bond donors (Lipinski definition) is 3. The number of benzene rings is 2. The number of primary amides is 1. The van der Waals surface area contributed by atoms with E-state index in [2.05, 4.69) is 33.1 Å². The van der Waals surface area contributed by atoms with Gasteiger partial charge in [-0.1, -0.05) is 83.2 Å². The molecular weight excluding hydrogens is 450 g/mol. The summed E-state index contributed by atoms with van der Waals surface area (Å²) in [6.07, 6.45) is -0.388. The molecule has 0 saturated heterocycles. The van der Waals surface area contributed by atoms with Gasteiger partial charge in [-0.15, -0.1) is 0 Å². The van der Waals surface area contributed by atoms with Gasteiger partial charge in [0, 0.05) is 12.8 Å². The van der Waals surface area contributed by atoms with Gasteiger partial charge in [0.15, 0.2) is 0 Å². The van der Waals surface area contributed by atoms with Gasteiger partial charge in [0.2, 0.25) is 11.8 Å². The number of nitrogens with one attached hydrogen (secondary N) is 2. The zero-order chi connectivity index (χ0) is 21.9. The van der Waals surface area contributed by atoms with Gasteiger partial charge in [0.1, 0.15) is 18.7 Å². The molecule has 2 aromatic rings. The fourth-order valence-corrected chi connectivity index (χ4v) is 3.01. The van der Waals surface area contributed by atoms with E-state index in [4.69, 9.17) is 10.5 Å². The van der Waals surface area contributed by atoms with Crippen molar-refractivity contribution in [3.8, 4) is 0 Å². The van der Waals surface area contributed by atoms with Crippen LogP contribution in [-0.2, 0) is 27.4 Å². The summed E-state index contributed by atoms with van der Waals surface area (Å²) in [6, 6.07) is 16.5. The fraction of sp³-hybridized carbons (Fsp3) is 0.227. The lowest BCUT2D eigenvalue weighted by molar-refractivity contribution is -0.128.